The quantitative estimate of drug-likeness (QED) is 0.845. The van der Waals surface area contributed by atoms with Crippen LogP contribution in [0, 0.1) is 0 Å². The minimum atomic E-state index is -0.194. The molecule has 0 saturated heterocycles. The van der Waals surface area contributed by atoms with Crippen molar-refractivity contribution in [3.8, 4) is 5.75 Å². The van der Waals surface area contributed by atoms with Gasteiger partial charge >= 0.3 is 6.03 Å². The lowest BCUT2D eigenvalue weighted by Gasteiger charge is -2.15. The number of hydrogen-bond donors (Lipinski definition) is 2. The first kappa shape index (κ1) is 17.2. The number of carbonyl (C=O) groups excluding carboxylic acids is 1. The maximum absolute atomic E-state index is 11.9. The molecule has 2 aromatic rings. The van der Waals surface area contributed by atoms with Crippen LogP contribution in [-0.4, -0.2) is 19.2 Å². The Bertz CT molecular complexity index is 661. The van der Waals surface area contributed by atoms with Crippen LogP contribution in [0.1, 0.15) is 18.1 Å². The summed E-state index contributed by atoms with van der Waals surface area (Å²) in [6.45, 7) is 2.41. The van der Waals surface area contributed by atoms with Crippen molar-refractivity contribution in [1.29, 1.82) is 0 Å². The SMILES string of the molecule is COc1cccc(CC(C)NC(=O)NCc2cccc(Cl)c2)c1. The number of urea groups is 1. The Hall–Kier alpha value is -2.20. The van der Waals surface area contributed by atoms with Gasteiger partial charge in [-0.3, -0.25) is 0 Å². The summed E-state index contributed by atoms with van der Waals surface area (Å²) in [7, 11) is 1.64. The summed E-state index contributed by atoms with van der Waals surface area (Å²) in [5.41, 5.74) is 2.08. The fourth-order valence-corrected chi connectivity index (χ4v) is 2.52. The van der Waals surface area contributed by atoms with Crippen LogP contribution in [0.5, 0.6) is 5.75 Å². The zero-order valence-corrected chi connectivity index (χ0v) is 14.1. The predicted octanol–water partition coefficient (Wildman–Crippen LogP) is 3.78. The van der Waals surface area contributed by atoms with E-state index in [1.165, 1.54) is 0 Å². The van der Waals surface area contributed by atoms with Crippen molar-refractivity contribution in [1.82, 2.24) is 10.6 Å². The second kappa shape index (κ2) is 8.44. The second-order valence-corrected chi connectivity index (χ2v) is 5.85. The molecule has 2 aromatic carbocycles. The summed E-state index contributed by atoms with van der Waals surface area (Å²) < 4.78 is 5.20. The van der Waals surface area contributed by atoms with Crippen molar-refractivity contribution < 1.29 is 9.53 Å². The van der Waals surface area contributed by atoms with Crippen LogP contribution >= 0.6 is 11.6 Å². The molecule has 2 rings (SSSR count). The van der Waals surface area contributed by atoms with E-state index in [9.17, 15) is 4.79 Å². The first-order chi connectivity index (χ1) is 11.1. The van der Waals surface area contributed by atoms with Crippen molar-refractivity contribution in [3.05, 3.63) is 64.7 Å². The molecule has 2 amide bonds. The summed E-state index contributed by atoms with van der Waals surface area (Å²) in [5.74, 6) is 0.820. The average Bonchev–Trinajstić information content (AvgIpc) is 2.53. The second-order valence-electron chi connectivity index (χ2n) is 5.41. The van der Waals surface area contributed by atoms with Gasteiger partial charge in [0.15, 0.2) is 0 Å². The number of rotatable bonds is 6. The number of methoxy groups -OCH3 is 1. The molecule has 0 aliphatic carbocycles. The molecular weight excluding hydrogens is 312 g/mol. The molecule has 0 spiro atoms. The Labute approximate surface area is 141 Å². The first-order valence-corrected chi connectivity index (χ1v) is 7.86. The Balaban J connectivity index is 1.80. The summed E-state index contributed by atoms with van der Waals surface area (Å²) >= 11 is 5.92. The van der Waals surface area contributed by atoms with E-state index in [0.717, 1.165) is 23.3 Å². The van der Waals surface area contributed by atoms with Gasteiger partial charge in [-0.25, -0.2) is 4.79 Å². The highest BCUT2D eigenvalue weighted by atomic mass is 35.5. The van der Waals surface area contributed by atoms with Gasteiger partial charge in [0.25, 0.3) is 0 Å². The normalized spacial score (nSPS) is 11.6. The summed E-state index contributed by atoms with van der Waals surface area (Å²) in [4.78, 5) is 11.9. The topological polar surface area (TPSA) is 50.4 Å². The fourth-order valence-electron chi connectivity index (χ4n) is 2.31. The van der Waals surface area contributed by atoms with Gasteiger partial charge in [0.1, 0.15) is 5.75 Å². The lowest BCUT2D eigenvalue weighted by molar-refractivity contribution is 0.237. The Morgan fingerprint density at radius 2 is 1.91 bits per heavy atom. The van der Waals surface area contributed by atoms with E-state index in [1.54, 1.807) is 13.2 Å². The van der Waals surface area contributed by atoms with E-state index in [1.807, 2.05) is 49.4 Å². The fraction of sp³-hybridized carbons (Fsp3) is 0.278. The lowest BCUT2D eigenvalue weighted by atomic mass is 10.1. The number of benzene rings is 2. The van der Waals surface area contributed by atoms with Gasteiger partial charge in [0, 0.05) is 17.6 Å². The number of halogens is 1. The van der Waals surface area contributed by atoms with Crippen molar-refractivity contribution in [2.75, 3.05) is 7.11 Å². The van der Waals surface area contributed by atoms with E-state index in [0.29, 0.717) is 11.6 Å². The molecule has 0 saturated carbocycles. The Morgan fingerprint density at radius 1 is 1.17 bits per heavy atom. The third-order valence-electron chi connectivity index (χ3n) is 3.40. The molecule has 1 atom stereocenters. The van der Waals surface area contributed by atoms with E-state index in [-0.39, 0.29) is 12.1 Å². The number of nitrogens with one attached hydrogen (secondary N) is 2. The van der Waals surface area contributed by atoms with Crippen molar-refractivity contribution in [2.45, 2.75) is 25.9 Å². The third kappa shape index (κ3) is 5.83. The molecule has 0 aromatic heterocycles. The molecule has 0 fully saturated rings. The van der Waals surface area contributed by atoms with Gasteiger partial charge in [-0.1, -0.05) is 35.9 Å². The minimum absolute atomic E-state index is 0.0152. The summed E-state index contributed by atoms with van der Waals surface area (Å²) in [6, 6.07) is 15.1. The largest absolute Gasteiger partial charge is 0.497 e. The molecule has 4 nitrogen and oxygen atoms in total. The number of amides is 2. The van der Waals surface area contributed by atoms with Gasteiger partial charge in [-0.05, 0) is 48.7 Å². The molecular formula is C18H21ClN2O2. The standard InChI is InChI=1S/C18H21ClN2O2/c1-13(9-14-5-4-8-17(11-14)23-2)21-18(22)20-12-15-6-3-7-16(19)10-15/h3-8,10-11,13H,9,12H2,1-2H3,(H2,20,21,22). The van der Waals surface area contributed by atoms with Crippen LogP contribution in [0.3, 0.4) is 0 Å². The van der Waals surface area contributed by atoms with E-state index >= 15 is 0 Å². The smallest absolute Gasteiger partial charge is 0.315 e. The molecule has 2 N–H and O–H groups in total. The van der Waals surface area contributed by atoms with Crippen LogP contribution in [0.15, 0.2) is 48.5 Å². The van der Waals surface area contributed by atoms with Crippen molar-refractivity contribution >= 4 is 17.6 Å². The molecule has 0 bridgehead atoms. The summed E-state index contributed by atoms with van der Waals surface area (Å²) in [5, 5.41) is 6.42. The molecule has 5 heteroatoms. The molecule has 0 heterocycles. The molecule has 122 valence electrons. The van der Waals surface area contributed by atoms with Gasteiger partial charge < -0.3 is 15.4 Å². The van der Waals surface area contributed by atoms with Gasteiger partial charge in [0.2, 0.25) is 0 Å². The minimum Gasteiger partial charge on any atom is -0.497 e. The molecule has 0 aliphatic rings. The monoisotopic (exact) mass is 332 g/mol. The maximum Gasteiger partial charge on any atom is 0.315 e. The average molecular weight is 333 g/mol. The van der Waals surface area contributed by atoms with Crippen LogP contribution < -0.4 is 15.4 Å². The zero-order valence-electron chi connectivity index (χ0n) is 13.3. The molecule has 0 aliphatic heterocycles. The number of hydrogen-bond acceptors (Lipinski definition) is 2. The summed E-state index contributed by atoms with van der Waals surface area (Å²) in [6.07, 6.45) is 0.738. The van der Waals surface area contributed by atoms with Crippen LogP contribution in [0.2, 0.25) is 5.02 Å². The van der Waals surface area contributed by atoms with E-state index in [4.69, 9.17) is 16.3 Å². The maximum atomic E-state index is 11.9. The highest BCUT2D eigenvalue weighted by molar-refractivity contribution is 6.30. The number of carbonyl (C=O) groups is 1. The highest BCUT2D eigenvalue weighted by Gasteiger charge is 2.08. The van der Waals surface area contributed by atoms with Gasteiger partial charge in [-0.2, -0.15) is 0 Å². The van der Waals surface area contributed by atoms with Gasteiger partial charge in [-0.15, -0.1) is 0 Å². The van der Waals surface area contributed by atoms with Crippen LogP contribution in [0.25, 0.3) is 0 Å². The van der Waals surface area contributed by atoms with Crippen molar-refractivity contribution in [2.24, 2.45) is 0 Å². The van der Waals surface area contributed by atoms with Crippen LogP contribution in [-0.2, 0) is 13.0 Å². The zero-order chi connectivity index (χ0) is 16.7. The lowest BCUT2D eigenvalue weighted by Crippen LogP contribution is -2.41. The predicted molar refractivity (Wildman–Crippen MR) is 93.0 cm³/mol. The van der Waals surface area contributed by atoms with Gasteiger partial charge in [0.05, 0.1) is 7.11 Å². The first-order valence-electron chi connectivity index (χ1n) is 7.48. The van der Waals surface area contributed by atoms with Crippen molar-refractivity contribution in [3.63, 3.8) is 0 Å². The van der Waals surface area contributed by atoms with Crippen LogP contribution in [0.4, 0.5) is 4.79 Å². The Kier molecular flexibility index (Phi) is 6.29. The Morgan fingerprint density at radius 3 is 2.65 bits per heavy atom. The third-order valence-corrected chi connectivity index (χ3v) is 3.63. The molecule has 0 radical (unpaired) electrons. The molecule has 23 heavy (non-hydrogen) atoms. The highest BCUT2D eigenvalue weighted by Crippen LogP contribution is 2.14. The van der Waals surface area contributed by atoms with E-state index in [2.05, 4.69) is 10.6 Å². The number of ether oxygens (including phenoxy) is 1. The van der Waals surface area contributed by atoms with E-state index < -0.39 is 0 Å². The molecule has 1 unspecified atom stereocenters.